The predicted octanol–water partition coefficient (Wildman–Crippen LogP) is -3.74. The van der Waals surface area contributed by atoms with Gasteiger partial charge < -0.3 is 0 Å². The van der Waals surface area contributed by atoms with Gasteiger partial charge in [-0.15, -0.1) is 0 Å². The molecule has 0 amide bonds. The summed E-state index contributed by atoms with van der Waals surface area (Å²) >= 11 is -5.03. The van der Waals surface area contributed by atoms with E-state index in [0.29, 0.717) is 0 Å². The van der Waals surface area contributed by atoms with Gasteiger partial charge >= 0.3 is 63.7 Å². The second kappa shape index (κ2) is 3.39. The second-order valence-electron chi connectivity index (χ2n) is 0.393. The van der Waals surface area contributed by atoms with Crippen molar-refractivity contribution in [3.63, 3.8) is 0 Å². The molecule has 0 aliphatic rings. The predicted molar refractivity (Wildman–Crippen MR) is 7.23 cm³/mol. The summed E-state index contributed by atoms with van der Waals surface area (Å²) in [5.74, 6) is 0. The van der Waals surface area contributed by atoms with Crippen LogP contribution in [0.15, 0.2) is 0 Å². The summed E-state index contributed by atoms with van der Waals surface area (Å²) in [4.78, 5) is 0. The van der Waals surface area contributed by atoms with Crippen molar-refractivity contribution in [1.29, 1.82) is 0 Å². The Bertz CT molecular complexity index is 94.0. The fraction of sp³-hybridized carbons (Fsp3) is 0. The molecular weight excluding hydrogens is 158 g/mol. The Kier molecular flexibility index (Phi) is 5.87. The van der Waals surface area contributed by atoms with E-state index in [1.807, 2.05) is 0 Å². The summed E-state index contributed by atoms with van der Waals surface area (Å²) in [6, 6.07) is 0. The number of rotatable bonds is 0. The van der Waals surface area contributed by atoms with Crippen LogP contribution in [0.1, 0.15) is 0 Å². The van der Waals surface area contributed by atoms with Crippen LogP contribution >= 0.6 is 10.0 Å². The first-order valence-electron chi connectivity index (χ1n) is 0.654. The van der Waals surface area contributed by atoms with Crippen molar-refractivity contribution in [3.8, 4) is 0 Å². The normalized spacial score (nSPS) is 9.67. The van der Waals surface area contributed by atoms with Gasteiger partial charge in [-0.25, -0.2) is 0 Å². The summed E-state index contributed by atoms with van der Waals surface area (Å²) in [6.07, 6.45) is 0. The Labute approximate surface area is 63.2 Å². The molecule has 3 nitrogen and oxygen atoms in total. The van der Waals surface area contributed by atoms with Gasteiger partial charge in [0, 0.05) is 0 Å². The zero-order valence-corrected chi connectivity index (χ0v) is 7.04. The quantitative estimate of drug-likeness (QED) is 0.341. The van der Waals surface area contributed by atoms with Crippen molar-refractivity contribution in [2.45, 2.75) is 0 Å². The Balaban J connectivity index is 0. The number of halogens is 1. The minimum atomic E-state index is -5.03. The maximum absolute atomic E-state index is 8.91. The molecule has 6 heavy (non-hydrogen) atoms. The van der Waals surface area contributed by atoms with Crippen LogP contribution in [0.4, 0.5) is 0 Å². The van der Waals surface area contributed by atoms with Gasteiger partial charge in [-0.05, 0) is 0 Å². The van der Waals surface area contributed by atoms with E-state index in [9.17, 15) is 0 Å². The summed E-state index contributed by atoms with van der Waals surface area (Å²) in [6.45, 7) is 0. The number of hydrogen-bond donors (Lipinski definition) is 0. The molecule has 0 aromatic rings. The first kappa shape index (κ1) is 10.4. The molecular formula is ClCrNaO3. The van der Waals surface area contributed by atoms with Crippen molar-refractivity contribution in [1.82, 2.24) is 0 Å². The molecule has 0 aliphatic carbocycles. The van der Waals surface area contributed by atoms with Crippen LogP contribution in [0.25, 0.3) is 0 Å². The SMILES string of the molecule is [Na+].[O]=[Cr](=[O])([O-])[Cl]. The van der Waals surface area contributed by atoms with Gasteiger partial charge in [0.1, 0.15) is 0 Å². The molecule has 32 valence electrons. The fourth-order valence-corrected chi connectivity index (χ4v) is 0. The van der Waals surface area contributed by atoms with E-state index >= 15 is 0 Å². The topological polar surface area (TPSA) is 57.2 Å². The minimum absolute atomic E-state index is 0. The molecule has 0 fully saturated rings. The van der Waals surface area contributed by atoms with Gasteiger partial charge in [-0.2, -0.15) is 0 Å². The van der Waals surface area contributed by atoms with E-state index in [0.717, 1.165) is 0 Å². The third-order valence-electron chi connectivity index (χ3n) is 0. The summed E-state index contributed by atoms with van der Waals surface area (Å²) in [5.41, 5.74) is 0. The van der Waals surface area contributed by atoms with Crippen LogP contribution in [0.2, 0.25) is 0 Å². The van der Waals surface area contributed by atoms with Gasteiger partial charge in [0.25, 0.3) is 0 Å². The number of hydrogen-bond acceptors (Lipinski definition) is 3. The van der Waals surface area contributed by atoms with Crippen LogP contribution in [0.3, 0.4) is 0 Å². The summed E-state index contributed by atoms with van der Waals surface area (Å²) < 4.78 is 26.7. The van der Waals surface area contributed by atoms with E-state index in [1.54, 1.807) is 0 Å². The molecule has 0 unspecified atom stereocenters. The molecule has 0 aromatic heterocycles. The first-order valence-corrected chi connectivity index (χ1v) is 3.97. The molecule has 0 spiro atoms. The van der Waals surface area contributed by atoms with Gasteiger partial charge in [0.2, 0.25) is 0 Å². The molecule has 0 N–H and O–H groups in total. The van der Waals surface area contributed by atoms with Crippen LogP contribution in [-0.2, 0) is 20.0 Å². The molecule has 0 bridgehead atoms. The molecule has 0 radical (unpaired) electrons. The molecule has 0 saturated carbocycles. The maximum atomic E-state index is 8.91. The van der Waals surface area contributed by atoms with Crippen molar-refractivity contribution in [3.05, 3.63) is 0 Å². The molecule has 0 rings (SSSR count). The van der Waals surface area contributed by atoms with Crippen LogP contribution in [-0.4, -0.2) is 0 Å². The molecule has 0 saturated heterocycles. The average Bonchev–Trinajstić information content (AvgIpc) is 0.722. The van der Waals surface area contributed by atoms with E-state index in [-0.39, 0.29) is 29.6 Å². The molecule has 0 aliphatic heterocycles. The van der Waals surface area contributed by atoms with Crippen molar-refractivity contribution >= 4 is 10.0 Å². The van der Waals surface area contributed by atoms with Crippen molar-refractivity contribution < 1.29 is 53.7 Å². The molecule has 0 atom stereocenters. The molecule has 0 heterocycles. The van der Waals surface area contributed by atoms with Gasteiger partial charge in [0.05, 0.1) is 0 Å². The second-order valence-corrected chi connectivity index (χ2v) is 3.18. The monoisotopic (exact) mass is 158 g/mol. The van der Waals surface area contributed by atoms with Crippen molar-refractivity contribution in [2.24, 2.45) is 0 Å². The van der Waals surface area contributed by atoms with E-state index in [1.165, 1.54) is 0 Å². The van der Waals surface area contributed by atoms with Crippen LogP contribution in [0, 0.1) is 0 Å². The molecule has 6 heteroatoms. The Morgan fingerprint density at radius 1 is 1.50 bits per heavy atom. The van der Waals surface area contributed by atoms with Crippen LogP contribution in [0.5, 0.6) is 0 Å². The Morgan fingerprint density at radius 3 is 1.50 bits per heavy atom. The van der Waals surface area contributed by atoms with Gasteiger partial charge in [0.15, 0.2) is 0 Å². The van der Waals surface area contributed by atoms with E-state index in [4.69, 9.17) is 11.8 Å². The first-order chi connectivity index (χ1) is 2.00. The van der Waals surface area contributed by atoms with E-state index in [2.05, 4.69) is 10.0 Å². The molecule has 0 aromatic carbocycles. The Hall–Kier alpha value is 1.38. The van der Waals surface area contributed by atoms with Gasteiger partial charge in [-0.3, -0.25) is 0 Å². The average molecular weight is 158 g/mol. The zero-order valence-electron chi connectivity index (χ0n) is 3.01. The zero-order chi connectivity index (χ0) is 4.50. The van der Waals surface area contributed by atoms with Crippen molar-refractivity contribution in [2.75, 3.05) is 0 Å². The fourth-order valence-electron chi connectivity index (χ4n) is 0. The summed E-state index contributed by atoms with van der Waals surface area (Å²) in [5, 5.41) is 0. The van der Waals surface area contributed by atoms with E-state index < -0.39 is 12.4 Å². The third kappa shape index (κ3) is 54.1. The van der Waals surface area contributed by atoms with Crippen LogP contribution < -0.4 is 33.7 Å². The third-order valence-corrected chi connectivity index (χ3v) is 0. The summed E-state index contributed by atoms with van der Waals surface area (Å²) in [7, 11) is 4.02. The van der Waals surface area contributed by atoms with Gasteiger partial charge in [-0.1, -0.05) is 0 Å². The Morgan fingerprint density at radius 2 is 1.50 bits per heavy atom. The standard InChI is InChI=1S/ClH.Cr.Na.3O/h1H;;;;;/q;2*+1;;;-1/p-1.